The summed E-state index contributed by atoms with van der Waals surface area (Å²) in [6, 6.07) is 0. The molecule has 6 heteroatoms. The summed E-state index contributed by atoms with van der Waals surface area (Å²) in [5.41, 5.74) is -0.286. The Labute approximate surface area is 91.6 Å². The van der Waals surface area contributed by atoms with Crippen molar-refractivity contribution in [3.8, 4) is 0 Å². The second-order valence-corrected chi connectivity index (χ2v) is 4.16. The minimum absolute atomic E-state index is 0.476. The highest BCUT2D eigenvalue weighted by atomic mass is 79.9. The number of nitrogens with one attached hydrogen (secondary N) is 1. The maximum Gasteiger partial charge on any atom is 0.154 e. The molecule has 0 spiro atoms. The zero-order valence-electron chi connectivity index (χ0n) is 8.58. The van der Waals surface area contributed by atoms with E-state index in [2.05, 4.69) is 31.6 Å². The minimum Gasteiger partial charge on any atom is -0.382 e. The molecule has 1 heterocycles. The average molecular weight is 263 g/mol. The smallest absolute Gasteiger partial charge is 0.154 e. The van der Waals surface area contributed by atoms with Crippen molar-refractivity contribution in [3.63, 3.8) is 0 Å². The summed E-state index contributed by atoms with van der Waals surface area (Å²) < 4.78 is 2.16. The van der Waals surface area contributed by atoms with Crippen LogP contribution in [-0.4, -0.2) is 33.2 Å². The lowest BCUT2D eigenvalue weighted by atomic mass is 10.0. The molecule has 0 saturated carbocycles. The van der Waals surface area contributed by atoms with Gasteiger partial charge in [-0.15, -0.1) is 5.10 Å². The zero-order valence-corrected chi connectivity index (χ0v) is 10.2. The predicted octanol–water partition coefficient (Wildman–Crippen LogP) is 0.395. The molecule has 0 aliphatic heterocycles. The molecule has 0 aliphatic carbocycles. The van der Waals surface area contributed by atoms with Crippen LogP contribution in [0.3, 0.4) is 0 Å². The molecule has 1 unspecified atom stereocenters. The van der Waals surface area contributed by atoms with Gasteiger partial charge in [-0.05, 0) is 29.4 Å². The fourth-order valence-corrected chi connectivity index (χ4v) is 2.11. The van der Waals surface area contributed by atoms with Gasteiger partial charge in [0.2, 0.25) is 0 Å². The summed E-state index contributed by atoms with van der Waals surface area (Å²) in [6.45, 7) is 5.02. The van der Waals surface area contributed by atoms with Crippen LogP contribution in [0.2, 0.25) is 0 Å². The Hall–Kier alpha value is -0.460. The van der Waals surface area contributed by atoms with E-state index in [0.717, 1.165) is 6.54 Å². The van der Waals surface area contributed by atoms with E-state index in [9.17, 15) is 5.11 Å². The van der Waals surface area contributed by atoms with Crippen LogP contribution in [0.25, 0.3) is 0 Å². The quantitative estimate of drug-likeness (QED) is 0.825. The molecule has 5 nitrogen and oxygen atoms in total. The monoisotopic (exact) mass is 262 g/mol. The van der Waals surface area contributed by atoms with Crippen LogP contribution in [0.5, 0.6) is 0 Å². The number of aromatic nitrogens is 3. The van der Waals surface area contributed by atoms with E-state index in [-0.39, 0.29) is 0 Å². The van der Waals surface area contributed by atoms with Crippen molar-refractivity contribution in [3.05, 3.63) is 10.3 Å². The number of nitrogens with zero attached hydrogens (tertiary/aromatic N) is 3. The number of hydrogen-bond donors (Lipinski definition) is 2. The van der Waals surface area contributed by atoms with Gasteiger partial charge in [-0.1, -0.05) is 12.1 Å². The number of likely N-dealkylation sites (N-methyl/N-ethyl adjacent to an activating group) is 1. The molecule has 1 atom stereocenters. The lowest BCUT2D eigenvalue weighted by Gasteiger charge is -2.23. The van der Waals surface area contributed by atoms with Gasteiger partial charge in [-0.25, -0.2) is 4.68 Å². The van der Waals surface area contributed by atoms with E-state index >= 15 is 0 Å². The van der Waals surface area contributed by atoms with Gasteiger partial charge < -0.3 is 10.4 Å². The summed E-state index contributed by atoms with van der Waals surface area (Å²) in [6.07, 6.45) is 0. The van der Waals surface area contributed by atoms with Gasteiger partial charge in [0.15, 0.2) is 4.60 Å². The lowest BCUT2D eigenvalue weighted by molar-refractivity contribution is 0.0484. The van der Waals surface area contributed by atoms with Crippen LogP contribution in [0.15, 0.2) is 4.60 Å². The first-order valence-electron chi connectivity index (χ1n) is 4.47. The highest BCUT2D eigenvalue weighted by Crippen LogP contribution is 2.25. The van der Waals surface area contributed by atoms with Gasteiger partial charge in [0.25, 0.3) is 0 Å². The SMILES string of the molecule is CCNCC(C)(O)c1c(Br)nnn1C. The molecule has 1 aromatic rings. The topological polar surface area (TPSA) is 63.0 Å². The molecule has 0 aliphatic rings. The molecule has 0 fully saturated rings. The maximum absolute atomic E-state index is 10.2. The van der Waals surface area contributed by atoms with E-state index in [0.29, 0.717) is 16.8 Å². The summed E-state index contributed by atoms with van der Waals surface area (Å²) in [7, 11) is 1.76. The van der Waals surface area contributed by atoms with Crippen LogP contribution in [0.1, 0.15) is 19.5 Å². The Balaban J connectivity index is 2.90. The predicted molar refractivity (Wildman–Crippen MR) is 56.8 cm³/mol. The number of hydrogen-bond acceptors (Lipinski definition) is 4. The number of rotatable bonds is 4. The standard InChI is InChI=1S/C8H15BrN4O/c1-4-10-5-8(2,14)6-7(9)11-12-13(6)3/h10,14H,4-5H2,1-3H3. The van der Waals surface area contributed by atoms with Crippen molar-refractivity contribution < 1.29 is 5.11 Å². The van der Waals surface area contributed by atoms with Gasteiger partial charge in [-0.3, -0.25) is 0 Å². The highest BCUT2D eigenvalue weighted by Gasteiger charge is 2.29. The zero-order chi connectivity index (χ0) is 10.8. The molecule has 0 saturated heterocycles. The molecule has 0 amide bonds. The van der Waals surface area contributed by atoms with Gasteiger partial charge in [-0.2, -0.15) is 0 Å². The second-order valence-electron chi connectivity index (χ2n) is 3.41. The molecule has 2 N–H and O–H groups in total. The van der Waals surface area contributed by atoms with Crippen molar-refractivity contribution in [2.75, 3.05) is 13.1 Å². The van der Waals surface area contributed by atoms with Gasteiger partial charge in [0, 0.05) is 13.6 Å². The van der Waals surface area contributed by atoms with Gasteiger partial charge in [0.1, 0.15) is 11.3 Å². The Morgan fingerprint density at radius 2 is 2.29 bits per heavy atom. The average Bonchev–Trinajstić information content (AvgIpc) is 2.43. The third-order valence-corrected chi connectivity index (χ3v) is 2.55. The van der Waals surface area contributed by atoms with Crippen molar-refractivity contribution >= 4 is 15.9 Å². The molecule has 0 aromatic carbocycles. The first-order chi connectivity index (χ1) is 6.49. The van der Waals surface area contributed by atoms with E-state index in [1.54, 1.807) is 18.7 Å². The van der Waals surface area contributed by atoms with Crippen LogP contribution in [0, 0.1) is 0 Å². The third kappa shape index (κ3) is 2.31. The Morgan fingerprint density at radius 1 is 1.64 bits per heavy atom. The van der Waals surface area contributed by atoms with Crippen LogP contribution >= 0.6 is 15.9 Å². The van der Waals surface area contributed by atoms with Crippen LogP contribution in [0.4, 0.5) is 0 Å². The Bertz CT molecular complexity index is 291. The maximum atomic E-state index is 10.2. The van der Waals surface area contributed by atoms with E-state index < -0.39 is 5.60 Å². The molecule has 1 rings (SSSR count). The molecule has 1 aromatic heterocycles. The van der Waals surface area contributed by atoms with Crippen molar-refractivity contribution in [1.82, 2.24) is 20.3 Å². The van der Waals surface area contributed by atoms with Gasteiger partial charge in [0.05, 0.1) is 0 Å². The summed E-state index contributed by atoms with van der Waals surface area (Å²) in [4.78, 5) is 0. The lowest BCUT2D eigenvalue weighted by Crippen LogP contribution is -2.37. The Morgan fingerprint density at radius 3 is 2.71 bits per heavy atom. The third-order valence-electron chi connectivity index (χ3n) is 2.02. The molecular formula is C8H15BrN4O. The molecule has 0 radical (unpaired) electrons. The van der Waals surface area contributed by atoms with Crippen molar-refractivity contribution in [1.29, 1.82) is 0 Å². The largest absolute Gasteiger partial charge is 0.382 e. The van der Waals surface area contributed by atoms with Crippen LogP contribution in [-0.2, 0) is 12.6 Å². The van der Waals surface area contributed by atoms with E-state index in [1.807, 2.05) is 6.92 Å². The summed E-state index contributed by atoms with van der Waals surface area (Å²) >= 11 is 3.26. The minimum atomic E-state index is -0.965. The van der Waals surface area contributed by atoms with Crippen LogP contribution < -0.4 is 5.32 Å². The molecule has 80 valence electrons. The van der Waals surface area contributed by atoms with Crippen molar-refractivity contribution in [2.24, 2.45) is 7.05 Å². The second kappa shape index (κ2) is 4.37. The number of aryl methyl sites for hydroxylation is 1. The number of halogens is 1. The fourth-order valence-electron chi connectivity index (χ4n) is 1.35. The van der Waals surface area contributed by atoms with E-state index in [1.165, 1.54) is 0 Å². The molecule has 14 heavy (non-hydrogen) atoms. The number of aliphatic hydroxyl groups is 1. The highest BCUT2D eigenvalue weighted by molar-refractivity contribution is 9.10. The normalized spacial score (nSPS) is 15.5. The Kier molecular flexibility index (Phi) is 3.63. The van der Waals surface area contributed by atoms with Crippen molar-refractivity contribution in [2.45, 2.75) is 19.4 Å². The molecule has 0 bridgehead atoms. The summed E-state index contributed by atoms with van der Waals surface area (Å²) in [5.74, 6) is 0. The molecular weight excluding hydrogens is 248 g/mol. The summed E-state index contributed by atoms with van der Waals surface area (Å²) in [5, 5.41) is 20.9. The van der Waals surface area contributed by atoms with E-state index in [4.69, 9.17) is 0 Å². The first kappa shape index (κ1) is 11.6. The first-order valence-corrected chi connectivity index (χ1v) is 5.27. The fraction of sp³-hybridized carbons (Fsp3) is 0.750. The van der Waals surface area contributed by atoms with Gasteiger partial charge >= 0.3 is 0 Å².